The lowest BCUT2D eigenvalue weighted by molar-refractivity contribution is -0.153. The molecule has 47 heteroatoms. The van der Waals surface area contributed by atoms with E-state index in [1.807, 2.05) is 100 Å². The van der Waals surface area contributed by atoms with E-state index in [0.717, 1.165) is 86.8 Å². The molecule has 16 amide bonds. The normalized spacial score (nSPS) is 19.2. The second-order valence-corrected chi connectivity index (χ2v) is 34.3. The van der Waals surface area contributed by atoms with Crippen molar-refractivity contribution in [3.05, 3.63) is 139 Å². The number of urea groups is 4. The van der Waals surface area contributed by atoms with Crippen LogP contribution in [0.3, 0.4) is 0 Å². The molecule has 8 aliphatic rings. The maximum Gasteiger partial charge on any atom is 0.526 e. The summed E-state index contributed by atoms with van der Waals surface area (Å²) in [6, 6.07) is 14.5. The number of imide groups is 4. The van der Waals surface area contributed by atoms with E-state index in [9.17, 15) is 102 Å². The molecule has 10 heterocycles. The maximum atomic E-state index is 13.4. The summed E-state index contributed by atoms with van der Waals surface area (Å²) in [6.45, 7) is 17.8. The van der Waals surface area contributed by atoms with Gasteiger partial charge in [0.2, 0.25) is 0 Å². The van der Waals surface area contributed by atoms with Crippen LogP contribution in [-0.4, -0.2) is 295 Å². The SMILES string of the molecule is CCN1CCN(C(=O)NC(C(=O)C[C@H]2Cc3cccc(C)c3OB2O)c2csc(N)n2)C(=O)C1=O.CCN1CCN(C(=O)N[C@@H](C(=O)C[C@H]2Cc3cccc(C)c3OB2O)c2csc(N)n2)C(=O)C1=O.CCN1CCN(C(=O)N[C@H](C)C(=O)C[C@H]2Cc3cccc(C)c3OB2O)C(=O)C1=O.CCN1CCN(C(=O)N[C@H](CO)C(=O)C[C@H]2Cc3cccc(C)c3OB2O)C(=O)C1=O. The lowest BCUT2D eigenvalue weighted by Gasteiger charge is -2.33. The zero-order valence-electron chi connectivity index (χ0n) is 73.7. The Morgan fingerprint density at radius 3 is 0.916 bits per heavy atom. The van der Waals surface area contributed by atoms with Crippen molar-refractivity contribution in [2.75, 3.05) is 96.6 Å². The molecular weight excluding hydrogens is 1740 g/mol. The highest BCUT2D eigenvalue weighted by Crippen LogP contribution is 2.42. The van der Waals surface area contributed by atoms with Gasteiger partial charge in [-0.25, -0.2) is 29.1 Å². The first-order valence-electron chi connectivity index (χ1n) is 42.9. The highest BCUT2D eigenvalue weighted by Gasteiger charge is 2.47. The van der Waals surface area contributed by atoms with Gasteiger partial charge in [-0.1, -0.05) is 72.8 Å². The predicted molar refractivity (Wildman–Crippen MR) is 476 cm³/mol. The third-order valence-electron chi connectivity index (χ3n) is 23.8. The van der Waals surface area contributed by atoms with E-state index in [0.29, 0.717) is 74.9 Å². The average molecular weight is 1850 g/mol. The van der Waals surface area contributed by atoms with Crippen LogP contribution in [0.4, 0.5) is 29.4 Å². The predicted octanol–water partition coefficient (Wildman–Crippen LogP) is 1.87. The third-order valence-corrected chi connectivity index (χ3v) is 25.2. The van der Waals surface area contributed by atoms with Crippen LogP contribution >= 0.6 is 22.7 Å². The number of para-hydroxylation sites is 4. The van der Waals surface area contributed by atoms with Crippen LogP contribution in [-0.2, 0) is 83.2 Å². The van der Waals surface area contributed by atoms with Crippen LogP contribution in [0.15, 0.2) is 83.6 Å². The van der Waals surface area contributed by atoms with Crippen LogP contribution < -0.4 is 51.4 Å². The van der Waals surface area contributed by atoms with Crippen LogP contribution in [0.1, 0.15) is 128 Å². The second-order valence-electron chi connectivity index (χ2n) is 32.5. The molecule has 4 fully saturated rings. The van der Waals surface area contributed by atoms with Crippen molar-refractivity contribution in [1.29, 1.82) is 0 Å². The van der Waals surface area contributed by atoms with Gasteiger partial charge in [-0.3, -0.25) is 77.1 Å². The molecule has 41 nitrogen and oxygen atoms in total. The molecule has 2 aromatic heterocycles. The molecule has 0 saturated carbocycles. The Balaban J connectivity index is 0.000000169. The summed E-state index contributed by atoms with van der Waals surface area (Å²) >= 11 is 2.21. The lowest BCUT2D eigenvalue weighted by Crippen LogP contribution is -2.60. The van der Waals surface area contributed by atoms with Gasteiger partial charge in [0.1, 0.15) is 41.1 Å². The molecular formula is C84H104B4N16O25S2. The first-order valence-corrected chi connectivity index (χ1v) is 44.6. The molecule has 8 atom stereocenters. The lowest BCUT2D eigenvalue weighted by atomic mass is 9.64. The van der Waals surface area contributed by atoms with Crippen molar-refractivity contribution >= 4 is 156 Å². The number of carbonyl (C=O) groups is 16. The Morgan fingerprint density at radius 1 is 0.397 bits per heavy atom. The first-order chi connectivity index (χ1) is 62.4. The number of aromatic nitrogens is 2. The van der Waals surface area contributed by atoms with E-state index in [1.54, 1.807) is 38.5 Å². The smallest absolute Gasteiger partial charge is 0.526 e. The number of aliphatic hydroxyl groups excluding tert-OH is 1. The van der Waals surface area contributed by atoms with Crippen molar-refractivity contribution < 1.29 is 121 Å². The summed E-state index contributed by atoms with van der Waals surface area (Å²) in [5.74, 6) is -8.15. The summed E-state index contributed by atoms with van der Waals surface area (Å²) in [5.41, 5.74) is 19.0. The summed E-state index contributed by atoms with van der Waals surface area (Å²) in [7, 11) is -4.72. The molecule has 0 bridgehead atoms. The minimum Gasteiger partial charge on any atom is -0.536 e. The number of fused-ring (bicyclic) bond motifs is 4. The molecule has 1 unspecified atom stereocenters. The molecule has 0 spiro atoms. The van der Waals surface area contributed by atoms with Crippen LogP contribution in [0, 0.1) is 27.7 Å². The summed E-state index contributed by atoms with van der Waals surface area (Å²) in [5, 5.41) is 64.8. The first kappa shape index (κ1) is 98.9. The molecule has 131 heavy (non-hydrogen) atoms. The minimum atomic E-state index is -1.27. The largest absolute Gasteiger partial charge is 0.536 e. The number of Topliss-reactive ketones (excluding diaryl/α,β-unsaturated/α-hetero) is 4. The van der Waals surface area contributed by atoms with Crippen molar-refractivity contribution in [2.45, 2.75) is 161 Å². The zero-order chi connectivity index (χ0) is 95.3. The number of nitrogens with one attached hydrogen (secondary N) is 4. The summed E-state index contributed by atoms with van der Waals surface area (Å²) in [6.07, 6.45) is 1.34. The summed E-state index contributed by atoms with van der Waals surface area (Å²) in [4.78, 5) is 217. The molecule has 4 saturated heterocycles. The summed E-state index contributed by atoms with van der Waals surface area (Å²) < 4.78 is 22.5. The Morgan fingerprint density at radius 2 is 0.656 bits per heavy atom. The number of amides is 16. The number of anilines is 2. The van der Waals surface area contributed by atoms with Gasteiger partial charge in [0.25, 0.3) is 0 Å². The monoisotopic (exact) mass is 1840 g/mol. The molecule has 694 valence electrons. The van der Waals surface area contributed by atoms with E-state index in [2.05, 4.69) is 31.2 Å². The Bertz CT molecular complexity index is 5220. The number of nitrogen functional groups attached to an aromatic ring is 2. The van der Waals surface area contributed by atoms with Crippen LogP contribution in [0.25, 0.3) is 0 Å². The van der Waals surface area contributed by atoms with Crippen molar-refractivity contribution in [3.63, 3.8) is 0 Å². The van der Waals surface area contributed by atoms with E-state index in [-0.39, 0.29) is 105 Å². The van der Waals surface area contributed by atoms with Gasteiger partial charge >= 0.3 is 99.9 Å². The van der Waals surface area contributed by atoms with Gasteiger partial charge in [-0.2, -0.15) is 0 Å². The molecule has 13 N–H and O–H groups in total. The Labute approximate surface area is 763 Å². The number of nitrogens with zero attached hydrogens (tertiary/aromatic N) is 10. The van der Waals surface area contributed by atoms with Gasteiger partial charge < -0.3 is 96.2 Å². The number of piperazine rings is 4. The quantitative estimate of drug-likeness (QED) is 0.0322. The molecule has 8 aliphatic heterocycles. The van der Waals surface area contributed by atoms with E-state index in [4.69, 9.17) is 30.1 Å². The fourth-order valence-electron chi connectivity index (χ4n) is 16.2. The highest BCUT2D eigenvalue weighted by atomic mass is 32.1. The number of aryl methyl sites for hydroxylation is 4. The number of hydrogen-bond donors (Lipinski definition) is 11. The standard InChI is InChI=1S/2C22H26BN5O6S.C20H26BN3O7.C20H26BN3O6/c2*1-3-27-7-8-28(20(31)19(27)30)22(32)26-17(15-11-35-21(24)25-15)16(29)10-14-9-13-6-4-5-12(2)18(13)34-23(14)33;1-3-23-7-8-24(19(28)18(23)27)20(29)22-15(11-25)16(26)10-14-9-13-6-4-5-12(2)17(13)31-21(14)30;1-4-23-8-9-24(19(27)18(23)26)20(28)22-13(3)16(25)11-15-10-14-7-5-6-12(2)17(14)30-21(15)29/h2*4-6,11,14,17,33H,3,7-10H2,1-2H3,(H2,24,25)(H,26,32);4-6,14-15,25,30H,3,7-11H2,1-2H3,(H,22,29);5-7,13,15,29H,4,8-11H2,1-3H3,(H,22,28)/t14-,17?;14-,17-;14-,15-;13-,15-/m1111/s1. The maximum absolute atomic E-state index is 13.4. The number of hydrogen-bond acceptors (Lipinski definition) is 31. The molecule has 0 radical (unpaired) electrons. The average Bonchev–Trinajstić information content (AvgIpc) is 0.938. The van der Waals surface area contributed by atoms with Gasteiger partial charge in [-0.15, -0.1) is 22.7 Å². The van der Waals surface area contributed by atoms with Crippen LogP contribution in [0.2, 0.25) is 23.3 Å². The van der Waals surface area contributed by atoms with Gasteiger partial charge in [-0.05, 0) is 133 Å². The van der Waals surface area contributed by atoms with Gasteiger partial charge in [0, 0.05) is 138 Å². The van der Waals surface area contributed by atoms with E-state index in [1.165, 1.54) is 26.5 Å². The fraction of sp³-hybridized carbons (Fsp3) is 0.452. The molecule has 0 aliphatic carbocycles. The number of benzene rings is 4. The van der Waals surface area contributed by atoms with Crippen molar-refractivity contribution in [3.8, 4) is 23.0 Å². The number of thiazole rings is 2. The number of ketones is 4. The highest BCUT2D eigenvalue weighted by molar-refractivity contribution is 7.13. The van der Waals surface area contributed by atoms with E-state index >= 15 is 0 Å². The topological polar surface area (TPSA) is 563 Å². The Hall–Kier alpha value is -12.7. The molecule has 6 aromatic rings. The molecule has 14 rings (SSSR count). The van der Waals surface area contributed by atoms with Crippen molar-refractivity contribution in [1.82, 2.24) is 70.4 Å². The minimum absolute atomic E-state index is 0.00188. The third kappa shape index (κ3) is 23.2. The van der Waals surface area contributed by atoms with Gasteiger partial charge in [0.05, 0.1) is 24.0 Å². The van der Waals surface area contributed by atoms with Gasteiger partial charge in [0.15, 0.2) is 33.4 Å². The van der Waals surface area contributed by atoms with Crippen LogP contribution in [0.5, 0.6) is 23.0 Å². The van der Waals surface area contributed by atoms with Crippen molar-refractivity contribution in [2.24, 2.45) is 0 Å². The Kier molecular flexibility index (Phi) is 33.1. The number of nitrogens with two attached hydrogens (primary N) is 2. The van der Waals surface area contributed by atoms with E-state index < -0.39 is 171 Å². The second kappa shape index (κ2) is 43.8. The zero-order valence-corrected chi connectivity index (χ0v) is 75.3. The number of rotatable bonds is 23. The fourth-order valence-corrected chi connectivity index (χ4v) is 17.4. The molecule has 4 aromatic carbocycles. The number of likely N-dealkylation sites (N-methyl/N-ethyl adjacent to an activating group) is 4. The number of aliphatic hydroxyl groups is 1. The number of carbonyl (C=O) groups excluding carboxylic acids is 16.